The highest BCUT2D eigenvalue weighted by Crippen LogP contribution is 2.38. The first-order valence-electron chi connectivity index (χ1n) is 12.4. The van der Waals surface area contributed by atoms with Crippen LogP contribution in [0.1, 0.15) is 68.6 Å². The number of nitrogens with zero attached hydrogens (tertiary/aromatic N) is 1. The van der Waals surface area contributed by atoms with Crippen LogP contribution in [-0.4, -0.2) is 36.3 Å². The van der Waals surface area contributed by atoms with Gasteiger partial charge in [-0.25, -0.2) is 4.79 Å². The molecule has 0 spiro atoms. The second-order valence-corrected chi connectivity index (χ2v) is 9.12. The predicted molar refractivity (Wildman–Crippen MR) is 136 cm³/mol. The fourth-order valence-electron chi connectivity index (χ4n) is 4.37. The first-order chi connectivity index (χ1) is 16.9. The summed E-state index contributed by atoms with van der Waals surface area (Å²) in [4.78, 5) is 40.7. The molecule has 2 aromatic rings. The fourth-order valence-corrected chi connectivity index (χ4v) is 4.37. The molecule has 3 atom stereocenters. The van der Waals surface area contributed by atoms with E-state index in [0.717, 1.165) is 24.8 Å². The number of rotatable bonds is 10. The number of ether oxygens (including phenoxy) is 1. The number of ketones is 1. The van der Waals surface area contributed by atoms with Gasteiger partial charge >= 0.3 is 6.09 Å². The van der Waals surface area contributed by atoms with Crippen molar-refractivity contribution in [3.05, 3.63) is 71.3 Å². The minimum Gasteiger partial charge on any atom is -0.448 e. The molecule has 2 amide bonds. The average molecular weight is 478 g/mol. The van der Waals surface area contributed by atoms with Gasteiger partial charge in [-0.2, -0.15) is 4.99 Å². The lowest BCUT2D eigenvalue weighted by Gasteiger charge is -2.17. The maximum Gasteiger partial charge on any atom is 0.435 e. The van der Waals surface area contributed by atoms with E-state index in [-0.39, 0.29) is 23.4 Å². The zero-order valence-corrected chi connectivity index (χ0v) is 20.5. The Bertz CT molecular complexity index is 1030. The number of nitrogens with two attached hydrogens (primary N) is 1. The largest absolute Gasteiger partial charge is 0.448 e. The number of benzene rings is 2. The number of amidine groups is 1. The fraction of sp³-hybridized carbons (Fsp3) is 0.429. The molecule has 2 aromatic carbocycles. The molecule has 0 bridgehead atoms. The van der Waals surface area contributed by atoms with Crippen molar-refractivity contribution in [3.8, 4) is 0 Å². The van der Waals surface area contributed by atoms with Crippen LogP contribution in [0.25, 0.3) is 0 Å². The standard InChI is InChI=1S/C28H35N3O4/c1-3-17-35-28(34)31-26(29)22-12-9-20(10-13-22)11-16-25(32)19(2)30-27(33)24-15-14-23(18-24)21-7-5-4-6-8-21/h4-10,12-13,19,23-24H,3,11,14-18H2,1-2H3,(H,30,33)(H2,29,31,34)/t19-,23+,24+/m0/s1. The van der Waals surface area contributed by atoms with Gasteiger partial charge in [-0.05, 0) is 56.1 Å². The SMILES string of the molecule is CCCOC(=O)N=C(N)c1ccc(CCC(=O)[C@H](C)NC(=O)[C@@H]2CC[C@@H](c3ccccc3)C2)cc1. The van der Waals surface area contributed by atoms with Crippen molar-refractivity contribution < 1.29 is 19.1 Å². The van der Waals surface area contributed by atoms with Gasteiger partial charge in [0.15, 0.2) is 5.78 Å². The van der Waals surface area contributed by atoms with E-state index >= 15 is 0 Å². The number of carbonyl (C=O) groups is 3. The molecule has 0 unspecified atom stereocenters. The van der Waals surface area contributed by atoms with Gasteiger partial charge in [0.2, 0.25) is 5.91 Å². The molecule has 0 radical (unpaired) electrons. The molecule has 3 rings (SSSR count). The zero-order valence-electron chi connectivity index (χ0n) is 20.5. The summed E-state index contributed by atoms with van der Waals surface area (Å²) in [5.74, 6) is 0.420. The van der Waals surface area contributed by atoms with Gasteiger partial charge < -0.3 is 15.8 Å². The van der Waals surface area contributed by atoms with Crippen molar-refractivity contribution in [2.24, 2.45) is 16.6 Å². The minimum absolute atomic E-state index is 0.000205. The van der Waals surface area contributed by atoms with Crippen LogP contribution in [-0.2, 0) is 20.7 Å². The molecule has 1 fully saturated rings. The lowest BCUT2D eigenvalue weighted by molar-refractivity contribution is -0.129. The summed E-state index contributed by atoms with van der Waals surface area (Å²) in [5.41, 5.74) is 8.73. The van der Waals surface area contributed by atoms with E-state index in [0.29, 0.717) is 37.4 Å². The van der Waals surface area contributed by atoms with Gasteiger partial charge in [0, 0.05) is 17.9 Å². The van der Waals surface area contributed by atoms with Gasteiger partial charge in [-0.1, -0.05) is 61.5 Å². The van der Waals surface area contributed by atoms with Gasteiger partial charge in [-0.15, -0.1) is 0 Å². The van der Waals surface area contributed by atoms with Crippen molar-refractivity contribution in [1.29, 1.82) is 0 Å². The lowest BCUT2D eigenvalue weighted by Crippen LogP contribution is -2.41. The van der Waals surface area contributed by atoms with Crippen molar-refractivity contribution in [2.75, 3.05) is 6.61 Å². The van der Waals surface area contributed by atoms with Crippen molar-refractivity contribution in [2.45, 2.75) is 64.3 Å². The number of carbonyl (C=O) groups excluding carboxylic acids is 3. The van der Waals surface area contributed by atoms with E-state index in [1.807, 2.05) is 37.3 Å². The number of aliphatic imine (C=N–C) groups is 1. The van der Waals surface area contributed by atoms with Crippen molar-refractivity contribution >= 4 is 23.6 Å². The van der Waals surface area contributed by atoms with Gasteiger partial charge in [0.1, 0.15) is 5.84 Å². The Kier molecular flexibility index (Phi) is 9.58. The summed E-state index contributed by atoms with van der Waals surface area (Å²) >= 11 is 0. The quantitative estimate of drug-likeness (QED) is 0.386. The third-order valence-electron chi connectivity index (χ3n) is 6.47. The topological polar surface area (TPSA) is 111 Å². The molecule has 1 saturated carbocycles. The average Bonchev–Trinajstić information content (AvgIpc) is 3.37. The molecule has 186 valence electrons. The van der Waals surface area contributed by atoms with E-state index in [1.54, 1.807) is 19.1 Å². The Morgan fingerprint density at radius 1 is 1.09 bits per heavy atom. The Morgan fingerprint density at radius 3 is 2.49 bits per heavy atom. The highest BCUT2D eigenvalue weighted by Gasteiger charge is 2.31. The number of hydrogen-bond acceptors (Lipinski definition) is 4. The Balaban J connectivity index is 1.44. The second kappa shape index (κ2) is 12.8. The Labute approximate surface area is 207 Å². The van der Waals surface area contributed by atoms with Crippen LogP contribution < -0.4 is 11.1 Å². The highest BCUT2D eigenvalue weighted by atomic mass is 16.5. The van der Waals surface area contributed by atoms with Crippen LogP contribution in [0.3, 0.4) is 0 Å². The second-order valence-electron chi connectivity index (χ2n) is 9.12. The summed E-state index contributed by atoms with van der Waals surface area (Å²) < 4.78 is 4.91. The third kappa shape index (κ3) is 7.77. The maximum atomic E-state index is 12.7. The van der Waals surface area contributed by atoms with Crippen molar-refractivity contribution in [1.82, 2.24) is 5.32 Å². The van der Waals surface area contributed by atoms with Crippen LogP contribution >= 0.6 is 0 Å². The van der Waals surface area contributed by atoms with Crippen LogP contribution in [0.2, 0.25) is 0 Å². The predicted octanol–water partition coefficient (Wildman–Crippen LogP) is 4.53. The van der Waals surface area contributed by atoms with E-state index < -0.39 is 12.1 Å². The van der Waals surface area contributed by atoms with Gasteiger partial charge in [0.05, 0.1) is 12.6 Å². The number of Topliss-reactive ketones (excluding diaryl/α,β-unsaturated/α-hetero) is 1. The van der Waals surface area contributed by atoms with Gasteiger partial charge in [-0.3, -0.25) is 9.59 Å². The molecule has 3 N–H and O–H groups in total. The first kappa shape index (κ1) is 26.1. The summed E-state index contributed by atoms with van der Waals surface area (Å²) in [6, 6.07) is 17.0. The molecule has 1 aliphatic rings. The summed E-state index contributed by atoms with van der Waals surface area (Å²) in [5, 5.41) is 2.92. The van der Waals surface area contributed by atoms with Crippen LogP contribution in [0.4, 0.5) is 4.79 Å². The minimum atomic E-state index is -0.705. The summed E-state index contributed by atoms with van der Waals surface area (Å²) in [7, 11) is 0. The smallest absolute Gasteiger partial charge is 0.435 e. The third-order valence-corrected chi connectivity index (χ3v) is 6.47. The number of hydrogen-bond donors (Lipinski definition) is 2. The molecular weight excluding hydrogens is 442 g/mol. The number of nitrogens with one attached hydrogen (secondary N) is 1. The van der Waals surface area contributed by atoms with E-state index in [9.17, 15) is 14.4 Å². The molecular formula is C28H35N3O4. The molecule has 35 heavy (non-hydrogen) atoms. The number of amides is 2. The molecule has 7 nitrogen and oxygen atoms in total. The highest BCUT2D eigenvalue weighted by molar-refractivity contribution is 6.02. The summed E-state index contributed by atoms with van der Waals surface area (Å²) in [6.07, 6.45) is 3.55. The molecule has 0 heterocycles. The van der Waals surface area contributed by atoms with Crippen LogP contribution in [0, 0.1) is 5.92 Å². The Hall–Kier alpha value is -3.48. The molecule has 7 heteroatoms. The maximum absolute atomic E-state index is 12.7. The summed E-state index contributed by atoms with van der Waals surface area (Å²) in [6.45, 7) is 3.95. The molecule has 0 aliphatic heterocycles. The van der Waals surface area contributed by atoms with Crippen LogP contribution in [0.5, 0.6) is 0 Å². The monoisotopic (exact) mass is 477 g/mol. The number of aryl methyl sites for hydroxylation is 1. The molecule has 0 aromatic heterocycles. The molecule has 0 saturated heterocycles. The Morgan fingerprint density at radius 2 is 1.80 bits per heavy atom. The van der Waals surface area contributed by atoms with E-state index in [2.05, 4.69) is 22.4 Å². The lowest BCUT2D eigenvalue weighted by atomic mass is 9.96. The van der Waals surface area contributed by atoms with Crippen molar-refractivity contribution in [3.63, 3.8) is 0 Å². The normalized spacial score (nSPS) is 18.6. The first-order valence-corrected chi connectivity index (χ1v) is 12.4. The van der Waals surface area contributed by atoms with Crippen LogP contribution in [0.15, 0.2) is 59.6 Å². The van der Waals surface area contributed by atoms with E-state index in [1.165, 1.54) is 5.56 Å². The van der Waals surface area contributed by atoms with Gasteiger partial charge in [0.25, 0.3) is 0 Å². The molecule has 1 aliphatic carbocycles. The van der Waals surface area contributed by atoms with E-state index in [4.69, 9.17) is 10.5 Å². The zero-order chi connectivity index (χ0) is 25.2.